The Balaban J connectivity index is 1.93. The van der Waals surface area contributed by atoms with Crippen molar-refractivity contribution in [2.75, 3.05) is 13.2 Å². The van der Waals surface area contributed by atoms with Gasteiger partial charge in [0.2, 0.25) is 0 Å². The molecule has 1 saturated carbocycles. The molecule has 2 fully saturated rings. The Bertz CT molecular complexity index is 120. The van der Waals surface area contributed by atoms with Gasteiger partial charge in [0.05, 0.1) is 12.7 Å². The first-order valence-corrected chi connectivity index (χ1v) is 3.66. The smallest absolute Gasteiger partial charge is 0.0703 e. The summed E-state index contributed by atoms with van der Waals surface area (Å²) < 4.78 is 5.45. The fourth-order valence-corrected chi connectivity index (χ4v) is 1.57. The molecule has 1 unspecified atom stereocenters. The Morgan fingerprint density at radius 2 is 2.33 bits per heavy atom. The van der Waals surface area contributed by atoms with Crippen LogP contribution in [0.5, 0.6) is 0 Å². The minimum atomic E-state index is 0.382. The van der Waals surface area contributed by atoms with Crippen LogP contribution in [0.4, 0.5) is 0 Å². The van der Waals surface area contributed by atoms with Crippen LogP contribution in [-0.2, 0) is 4.74 Å². The first-order chi connectivity index (χ1) is 4.35. The average molecular weight is 127 g/mol. The molecule has 1 atom stereocenters. The average Bonchev–Trinajstić information content (AvgIpc) is 2.44. The molecule has 2 heteroatoms. The van der Waals surface area contributed by atoms with Gasteiger partial charge in [-0.25, -0.2) is 0 Å². The molecule has 52 valence electrons. The van der Waals surface area contributed by atoms with E-state index in [-0.39, 0.29) is 0 Å². The summed E-state index contributed by atoms with van der Waals surface area (Å²) in [6.45, 7) is 1.69. The van der Waals surface area contributed by atoms with Crippen LogP contribution < -0.4 is 5.73 Å². The van der Waals surface area contributed by atoms with E-state index in [0.29, 0.717) is 18.1 Å². The van der Waals surface area contributed by atoms with Gasteiger partial charge < -0.3 is 10.5 Å². The minimum Gasteiger partial charge on any atom is -0.376 e. The van der Waals surface area contributed by atoms with Crippen LogP contribution in [0.3, 0.4) is 0 Å². The van der Waals surface area contributed by atoms with Crippen LogP contribution in [0, 0.1) is 5.41 Å². The van der Waals surface area contributed by atoms with Gasteiger partial charge in [-0.1, -0.05) is 0 Å². The third-order valence-corrected chi connectivity index (χ3v) is 2.51. The van der Waals surface area contributed by atoms with Crippen LogP contribution in [0.25, 0.3) is 0 Å². The summed E-state index contributed by atoms with van der Waals surface area (Å²) in [5.41, 5.74) is 6.07. The maximum absolute atomic E-state index is 5.46. The van der Waals surface area contributed by atoms with E-state index in [0.717, 1.165) is 6.61 Å². The fourth-order valence-electron chi connectivity index (χ4n) is 1.57. The number of nitrogens with two attached hydrogens (primary N) is 1. The lowest BCUT2D eigenvalue weighted by Crippen LogP contribution is -2.18. The highest BCUT2D eigenvalue weighted by Gasteiger charge is 2.48. The maximum atomic E-state index is 5.46. The molecule has 2 rings (SSSR count). The van der Waals surface area contributed by atoms with Gasteiger partial charge in [0, 0.05) is 6.54 Å². The van der Waals surface area contributed by atoms with Crippen molar-refractivity contribution >= 4 is 0 Å². The molecular weight excluding hydrogens is 114 g/mol. The van der Waals surface area contributed by atoms with Crippen molar-refractivity contribution in [2.24, 2.45) is 11.1 Å². The van der Waals surface area contributed by atoms with Crippen LogP contribution >= 0.6 is 0 Å². The van der Waals surface area contributed by atoms with Crippen molar-refractivity contribution in [2.45, 2.75) is 25.4 Å². The monoisotopic (exact) mass is 127 g/mol. The summed E-state index contributed by atoms with van der Waals surface area (Å²) in [5, 5.41) is 0. The second-order valence-electron chi connectivity index (χ2n) is 3.37. The molecule has 1 saturated heterocycles. The van der Waals surface area contributed by atoms with Gasteiger partial charge in [0.15, 0.2) is 0 Å². The largest absolute Gasteiger partial charge is 0.376 e. The number of hydrogen-bond acceptors (Lipinski definition) is 2. The zero-order valence-electron chi connectivity index (χ0n) is 5.60. The highest BCUT2D eigenvalue weighted by molar-refractivity contribution is 4.98. The molecule has 1 spiro atoms. The molecule has 1 aliphatic heterocycles. The molecule has 0 amide bonds. The molecule has 1 heterocycles. The molecule has 0 aromatic rings. The first kappa shape index (κ1) is 5.69. The van der Waals surface area contributed by atoms with E-state index in [9.17, 15) is 0 Å². The summed E-state index contributed by atoms with van der Waals surface area (Å²) >= 11 is 0. The number of hydrogen-bond donors (Lipinski definition) is 1. The normalized spacial score (nSPS) is 37.7. The topological polar surface area (TPSA) is 35.2 Å². The summed E-state index contributed by atoms with van der Waals surface area (Å²) in [4.78, 5) is 0. The SMILES string of the molecule is NCC1CC2(CC2)CO1. The number of ether oxygens (including phenoxy) is 1. The van der Waals surface area contributed by atoms with Crippen molar-refractivity contribution in [3.63, 3.8) is 0 Å². The Kier molecular flexibility index (Phi) is 1.08. The molecule has 0 aromatic carbocycles. The van der Waals surface area contributed by atoms with E-state index in [1.807, 2.05) is 0 Å². The predicted molar refractivity (Wildman–Crippen MR) is 35.1 cm³/mol. The van der Waals surface area contributed by atoms with Gasteiger partial charge in [-0.3, -0.25) is 0 Å². The van der Waals surface area contributed by atoms with E-state index >= 15 is 0 Å². The van der Waals surface area contributed by atoms with Crippen molar-refractivity contribution in [3.05, 3.63) is 0 Å². The van der Waals surface area contributed by atoms with Crippen LogP contribution in [0.2, 0.25) is 0 Å². The van der Waals surface area contributed by atoms with E-state index in [4.69, 9.17) is 10.5 Å². The lowest BCUT2D eigenvalue weighted by Gasteiger charge is -2.02. The summed E-state index contributed by atoms with van der Waals surface area (Å²) in [6, 6.07) is 0. The Morgan fingerprint density at radius 3 is 2.67 bits per heavy atom. The van der Waals surface area contributed by atoms with Crippen LogP contribution in [0.1, 0.15) is 19.3 Å². The molecule has 1 aliphatic carbocycles. The van der Waals surface area contributed by atoms with Crippen molar-refractivity contribution in [1.82, 2.24) is 0 Å². The first-order valence-electron chi connectivity index (χ1n) is 3.66. The quantitative estimate of drug-likeness (QED) is 0.557. The fraction of sp³-hybridized carbons (Fsp3) is 1.00. The Morgan fingerprint density at radius 1 is 1.56 bits per heavy atom. The second-order valence-corrected chi connectivity index (χ2v) is 3.37. The molecular formula is C7H13NO. The van der Waals surface area contributed by atoms with Gasteiger partial charge in [-0.05, 0) is 24.7 Å². The lowest BCUT2D eigenvalue weighted by molar-refractivity contribution is 0.111. The van der Waals surface area contributed by atoms with E-state index < -0.39 is 0 Å². The highest BCUT2D eigenvalue weighted by Crippen LogP contribution is 2.53. The molecule has 2 nitrogen and oxygen atoms in total. The minimum absolute atomic E-state index is 0.382. The van der Waals surface area contributed by atoms with Gasteiger partial charge in [-0.15, -0.1) is 0 Å². The standard InChI is InChI=1S/C7H13NO/c8-4-6-3-7(1-2-7)5-9-6/h6H,1-5,8H2. The van der Waals surface area contributed by atoms with Crippen molar-refractivity contribution in [1.29, 1.82) is 0 Å². The summed E-state index contributed by atoms with van der Waals surface area (Å²) in [7, 11) is 0. The third-order valence-electron chi connectivity index (χ3n) is 2.51. The van der Waals surface area contributed by atoms with Crippen molar-refractivity contribution < 1.29 is 4.74 Å². The van der Waals surface area contributed by atoms with E-state index in [2.05, 4.69) is 0 Å². The third kappa shape index (κ3) is 0.864. The molecule has 0 aromatic heterocycles. The maximum Gasteiger partial charge on any atom is 0.0703 e. The molecule has 9 heavy (non-hydrogen) atoms. The van der Waals surface area contributed by atoms with Gasteiger partial charge in [-0.2, -0.15) is 0 Å². The van der Waals surface area contributed by atoms with E-state index in [1.54, 1.807) is 0 Å². The lowest BCUT2D eigenvalue weighted by atomic mass is 10.0. The molecule has 2 N–H and O–H groups in total. The summed E-state index contributed by atoms with van der Waals surface area (Å²) in [6.07, 6.45) is 4.36. The van der Waals surface area contributed by atoms with Gasteiger partial charge >= 0.3 is 0 Å². The second kappa shape index (κ2) is 1.70. The summed E-state index contributed by atoms with van der Waals surface area (Å²) in [5.74, 6) is 0. The number of rotatable bonds is 1. The molecule has 0 radical (unpaired) electrons. The molecule has 0 bridgehead atoms. The zero-order chi connectivity index (χ0) is 6.32. The van der Waals surface area contributed by atoms with Gasteiger partial charge in [0.1, 0.15) is 0 Å². The van der Waals surface area contributed by atoms with E-state index in [1.165, 1.54) is 19.3 Å². The van der Waals surface area contributed by atoms with Crippen LogP contribution in [0.15, 0.2) is 0 Å². The zero-order valence-corrected chi connectivity index (χ0v) is 5.60. The van der Waals surface area contributed by atoms with Gasteiger partial charge in [0.25, 0.3) is 0 Å². The Labute approximate surface area is 55.4 Å². The van der Waals surface area contributed by atoms with Crippen molar-refractivity contribution in [3.8, 4) is 0 Å². The predicted octanol–water partition coefficient (Wildman–Crippen LogP) is 0.514. The molecule has 2 aliphatic rings. The van der Waals surface area contributed by atoms with Crippen LogP contribution in [-0.4, -0.2) is 19.3 Å². The highest BCUT2D eigenvalue weighted by atomic mass is 16.5. The Hall–Kier alpha value is -0.0800.